The fourth-order valence-electron chi connectivity index (χ4n) is 3.94. The molecular formula is C21H23N5O3. The molecule has 1 aromatic carbocycles. The second kappa shape index (κ2) is 6.65. The number of nitrogens with zero attached hydrogens (tertiary/aromatic N) is 4. The van der Waals surface area contributed by atoms with E-state index in [1.165, 1.54) is 12.4 Å². The van der Waals surface area contributed by atoms with E-state index >= 15 is 0 Å². The molecule has 0 saturated carbocycles. The highest BCUT2D eigenvalue weighted by Crippen LogP contribution is 2.34. The standard InChI is InChI=1S/C21H23N5O3/c1-11-9-13(12(2)24-17-16(19(28)29)22-6-7-23-17)15-14(10-11)18(27)26-8-5-21(3,4)20(26)25-15/h6-7,9-10,12H,5,8H2,1-4H3,(H,23,24)(H,28,29)/t12-/m1/s1. The number of rotatable bonds is 4. The van der Waals surface area contributed by atoms with E-state index in [0.29, 0.717) is 17.4 Å². The maximum absolute atomic E-state index is 13.1. The summed E-state index contributed by atoms with van der Waals surface area (Å²) in [6, 6.07) is 3.51. The second-order valence-electron chi connectivity index (χ2n) is 8.20. The van der Waals surface area contributed by atoms with Crippen LogP contribution in [-0.2, 0) is 12.0 Å². The van der Waals surface area contributed by atoms with Crippen LogP contribution in [0, 0.1) is 6.92 Å². The van der Waals surface area contributed by atoms with Gasteiger partial charge in [0.25, 0.3) is 5.56 Å². The van der Waals surface area contributed by atoms with Crippen LogP contribution in [0.5, 0.6) is 0 Å². The van der Waals surface area contributed by atoms with E-state index in [1.54, 1.807) is 4.57 Å². The van der Waals surface area contributed by atoms with Gasteiger partial charge in [0.2, 0.25) is 0 Å². The molecule has 0 bridgehead atoms. The number of hydrogen-bond acceptors (Lipinski definition) is 6. The van der Waals surface area contributed by atoms with E-state index in [2.05, 4.69) is 29.1 Å². The molecule has 1 atom stereocenters. The minimum atomic E-state index is -1.15. The third-order valence-electron chi connectivity index (χ3n) is 5.52. The zero-order valence-electron chi connectivity index (χ0n) is 16.9. The molecule has 0 saturated heterocycles. The van der Waals surface area contributed by atoms with Crippen LogP contribution in [0.2, 0.25) is 0 Å². The number of carbonyl (C=O) groups is 1. The maximum Gasteiger partial charge on any atom is 0.358 e. The van der Waals surface area contributed by atoms with Crippen molar-refractivity contribution in [2.75, 3.05) is 5.32 Å². The van der Waals surface area contributed by atoms with E-state index in [0.717, 1.165) is 23.4 Å². The van der Waals surface area contributed by atoms with Crippen molar-refractivity contribution in [2.24, 2.45) is 0 Å². The lowest BCUT2D eigenvalue weighted by atomic mass is 9.91. The molecule has 1 aliphatic rings. The monoisotopic (exact) mass is 393 g/mol. The van der Waals surface area contributed by atoms with Crippen molar-refractivity contribution < 1.29 is 9.90 Å². The first-order chi connectivity index (χ1) is 13.7. The quantitative estimate of drug-likeness (QED) is 0.701. The molecule has 0 spiro atoms. The summed E-state index contributed by atoms with van der Waals surface area (Å²) in [6.07, 6.45) is 3.65. The van der Waals surface area contributed by atoms with E-state index in [-0.39, 0.29) is 28.5 Å². The SMILES string of the molecule is Cc1cc([C@@H](C)Nc2nccnc2C(=O)O)c2nc3n(c(=O)c2c1)CCC3(C)C. The third kappa shape index (κ3) is 3.14. The van der Waals surface area contributed by atoms with Crippen LogP contribution in [-0.4, -0.2) is 30.6 Å². The summed E-state index contributed by atoms with van der Waals surface area (Å²) in [5.74, 6) is -0.184. The van der Waals surface area contributed by atoms with Crippen molar-refractivity contribution in [3.63, 3.8) is 0 Å². The van der Waals surface area contributed by atoms with Gasteiger partial charge in [-0.2, -0.15) is 0 Å². The molecule has 2 N–H and O–H groups in total. The molecule has 0 amide bonds. The lowest BCUT2D eigenvalue weighted by molar-refractivity contribution is 0.0691. The van der Waals surface area contributed by atoms with E-state index in [1.807, 2.05) is 26.0 Å². The second-order valence-corrected chi connectivity index (χ2v) is 8.20. The summed E-state index contributed by atoms with van der Waals surface area (Å²) < 4.78 is 1.77. The first-order valence-corrected chi connectivity index (χ1v) is 9.55. The molecule has 4 rings (SSSR count). The number of aromatic carboxylic acids is 1. The lowest BCUT2D eigenvalue weighted by Gasteiger charge is -2.21. The molecular weight excluding hydrogens is 370 g/mol. The predicted octanol–water partition coefficient (Wildman–Crippen LogP) is 3.05. The molecule has 3 heterocycles. The van der Waals surface area contributed by atoms with E-state index in [9.17, 15) is 14.7 Å². The molecule has 0 aliphatic carbocycles. The van der Waals surface area contributed by atoms with Gasteiger partial charge in [0.15, 0.2) is 11.5 Å². The number of carboxylic acids is 1. The zero-order chi connectivity index (χ0) is 20.9. The number of carboxylic acid groups (broad SMARTS) is 1. The van der Waals surface area contributed by atoms with Crippen molar-refractivity contribution in [1.29, 1.82) is 0 Å². The van der Waals surface area contributed by atoms with Crippen molar-refractivity contribution in [3.8, 4) is 0 Å². The van der Waals surface area contributed by atoms with Crippen molar-refractivity contribution in [1.82, 2.24) is 19.5 Å². The van der Waals surface area contributed by atoms with Crippen molar-refractivity contribution in [3.05, 3.63) is 57.5 Å². The summed E-state index contributed by atoms with van der Waals surface area (Å²) in [5.41, 5.74) is 2.06. The van der Waals surface area contributed by atoms with Gasteiger partial charge in [-0.05, 0) is 31.9 Å². The number of nitrogens with one attached hydrogen (secondary N) is 1. The predicted molar refractivity (Wildman–Crippen MR) is 109 cm³/mol. The average molecular weight is 393 g/mol. The van der Waals surface area contributed by atoms with Gasteiger partial charge in [-0.25, -0.2) is 19.7 Å². The van der Waals surface area contributed by atoms with Crippen molar-refractivity contribution in [2.45, 2.75) is 52.1 Å². The molecule has 0 unspecified atom stereocenters. The van der Waals surface area contributed by atoms with Gasteiger partial charge in [-0.3, -0.25) is 9.36 Å². The van der Waals surface area contributed by atoms with Crippen LogP contribution in [0.15, 0.2) is 29.3 Å². The van der Waals surface area contributed by atoms with Crippen LogP contribution < -0.4 is 10.9 Å². The van der Waals surface area contributed by atoms with Gasteiger partial charge in [-0.15, -0.1) is 0 Å². The summed E-state index contributed by atoms with van der Waals surface area (Å²) >= 11 is 0. The van der Waals surface area contributed by atoms with E-state index in [4.69, 9.17) is 4.98 Å². The smallest absolute Gasteiger partial charge is 0.358 e. The topological polar surface area (TPSA) is 110 Å². The van der Waals surface area contributed by atoms with Gasteiger partial charge >= 0.3 is 5.97 Å². The van der Waals surface area contributed by atoms with Crippen LogP contribution in [0.3, 0.4) is 0 Å². The summed E-state index contributed by atoms with van der Waals surface area (Å²) in [4.78, 5) is 37.5. The van der Waals surface area contributed by atoms with Gasteiger partial charge in [0.05, 0.1) is 16.9 Å². The van der Waals surface area contributed by atoms with Crippen LogP contribution in [0.4, 0.5) is 5.82 Å². The Bertz CT molecular complexity index is 1200. The normalized spacial score (nSPS) is 15.9. The zero-order valence-corrected chi connectivity index (χ0v) is 16.9. The molecule has 0 fully saturated rings. The highest BCUT2D eigenvalue weighted by Gasteiger charge is 2.33. The Morgan fingerprint density at radius 3 is 2.72 bits per heavy atom. The maximum atomic E-state index is 13.1. The number of aryl methyl sites for hydroxylation is 1. The molecule has 29 heavy (non-hydrogen) atoms. The Morgan fingerprint density at radius 2 is 2.00 bits per heavy atom. The number of benzene rings is 1. The fourth-order valence-corrected chi connectivity index (χ4v) is 3.94. The fraction of sp³-hybridized carbons (Fsp3) is 0.381. The molecule has 8 nitrogen and oxygen atoms in total. The number of anilines is 1. The number of aromatic nitrogens is 4. The third-order valence-corrected chi connectivity index (χ3v) is 5.52. The van der Waals surface area contributed by atoms with Crippen LogP contribution in [0.25, 0.3) is 10.9 Å². The molecule has 1 aliphatic heterocycles. The Kier molecular flexibility index (Phi) is 4.37. The Balaban J connectivity index is 1.87. The van der Waals surface area contributed by atoms with E-state index < -0.39 is 5.97 Å². The minimum Gasteiger partial charge on any atom is -0.476 e. The molecule has 2 aromatic heterocycles. The molecule has 8 heteroatoms. The molecule has 0 radical (unpaired) electrons. The number of hydrogen-bond donors (Lipinski definition) is 2. The molecule has 150 valence electrons. The van der Waals surface area contributed by atoms with Gasteiger partial charge in [0, 0.05) is 29.9 Å². The highest BCUT2D eigenvalue weighted by atomic mass is 16.4. The largest absolute Gasteiger partial charge is 0.476 e. The van der Waals surface area contributed by atoms with Gasteiger partial charge in [-0.1, -0.05) is 19.9 Å². The summed E-state index contributed by atoms with van der Waals surface area (Å²) in [7, 11) is 0. The Hall–Kier alpha value is -3.29. The number of fused-ring (bicyclic) bond motifs is 2. The molecule has 3 aromatic rings. The first-order valence-electron chi connectivity index (χ1n) is 9.55. The Morgan fingerprint density at radius 1 is 1.28 bits per heavy atom. The summed E-state index contributed by atoms with van der Waals surface area (Å²) in [6.45, 7) is 8.69. The van der Waals surface area contributed by atoms with Gasteiger partial charge in [0.1, 0.15) is 5.82 Å². The average Bonchev–Trinajstić information content (AvgIpc) is 2.97. The van der Waals surface area contributed by atoms with Crippen molar-refractivity contribution >= 4 is 22.7 Å². The Labute approximate surface area is 167 Å². The highest BCUT2D eigenvalue weighted by molar-refractivity contribution is 5.91. The lowest BCUT2D eigenvalue weighted by Crippen LogP contribution is -2.25. The van der Waals surface area contributed by atoms with Crippen LogP contribution >= 0.6 is 0 Å². The minimum absolute atomic E-state index is 0.0292. The first kappa shape index (κ1) is 19.0. The summed E-state index contributed by atoms with van der Waals surface area (Å²) in [5, 5.41) is 13.1. The van der Waals surface area contributed by atoms with Crippen LogP contribution in [0.1, 0.15) is 60.7 Å². The van der Waals surface area contributed by atoms with Gasteiger partial charge < -0.3 is 10.4 Å².